The minimum absolute atomic E-state index is 0.350. The third kappa shape index (κ3) is 4.69. The zero-order chi connectivity index (χ0) is 14.4. The molecule has 1 atom stereocenters. The molecule has 0 amide bonds. The molecule has 4 heteroatoms. The fourth-order valence-electron chi connectivity index (χ4n) is 3.33. The van der Waals surface area contributed by atoms with E-state index in [2.05, 4.69) is 35.9 Å². The SMILES string of the molecule is CCN1CCN(CC2(CNCC(C)C)CCOC2)CC1. The van der Waals surface area contributed by atoms with Crippen LogP contribution in [0.25, 0.3) is 0 Å². The van der Waals surface area contributed by atoms with Gasteiger partial charge >= 0.3 is 0 Å². The first-order valence-corrected chi connectivity index (χ1v) is 8.37. The molecule has 0 radical (unpaired) electrons. The summed E-state index contributed by atoms with van der Waals surface area (Å²) >= 11 is 0. The maximum atomic E-state index is 5.72. The van der Waals surface area contributed by atoms with Crippen molar-refractivity contribution in [2.24, 2.45) is 11.3 Å². The van der Waals surface area contributed by atoms with Gasteiger partial charge in [0.1, 0.15) is 0 Å². The summed E-state index contributed by atoms with van der Waals surface area (Å²) in [6, 6.07) is 0. The van der Waals surface area contributed by atoms with E-state index in [0.717, 1.165) is 32.2 Å². The number of ether oxygens (including phenoxy) is 1. The zero-order valence-corrected chi connectivity index (χ0v) is 13.7. The molecule has 2 saturated heterocycles. The lowest BCUT2D eigenvalue weighted by molar-refractivity contribution is 0.0726. The zero-order valence-electron chi connectivity index (χ0n) is 13.7. The lowest BCUT2D eigenvalue weighted by Crippen LogP contribution is -2.52. The van der Waals surface area contributed by atoms with Crippen molar-refractivity contribution in [3.63, 3.8) is 0 Å². The van der Waals surface area contributed by atoms with Crippen LogP contribution in [0.1, 0.15) is 27.2 Å². The van der Waals surface area contributed by atoms with E-state index < -0.39 is 0 Å². The Morgan fingerprint density at radius 2 is 1.85 bits per heavy atom. The van der Waals surface area contributed by atoms with Crippen LogP contribution in [0.5, 0.6) is 0 Å². The first kappa shape index (κ1) is 16.2. The molecule has 2 aliphatic rings. The summed E-state index contributed by atoms with van der Waals surface area (Å²) in [5.74, 6) is 0.725. The average Bonchev–Trinajstić information content (AvgIpc) is 2.88. The van der Waals surface area contributed by atoms with Crippen LogP contribution in [0.2, 0.25) is 0 Å². The number of nitrogens with one attached hydrogen (secondary N) is 1. The minimum Gasteiger partial charge on any atom is -0.381 e. The van der Waals surface area contributed by atoms with Gasteiger partial charge in [0.15, 0.2) is 0 Å². The molecular weight excluding hydrogens is 250 g/mol. The summed E-state index contributed by atoms with van der Waals surface area (Å²) in [4.78, 5) is 5.20. The third-order valence-corrected chi connectivity index (χ3v) is 4.71. The molecule has 0 aromatic rings. The fourth-order valence-corrected chi connectivity index (χ4v) is 3.33. The fraction of sp³-hybridized carbons (Fsp3) is 1.00. The number of hydrogen-bond acceptors (Lipinski definition) is 4. The third-order valence-electron chi connectivity index (χ3n) is 4.71. The predicted molar refractivity (Wildman–Crippen MR) is 84.1 cm³/mol. The standard InChI is InChI=1S/C16H33N3O/c1-4-18-6-8-19(9-7-18)13-16(5-10-20-14-16)12-17-11-15(2)3/h15,17H,4-14H2,1-3H3. The quantitative estimate of drug-likeness (QED) is 0.762. The van der Waals surface area contributed by atoms with Gasteiger partial charge in [-0.15, -0.1) is 0 Å². The Kier molecular flexibility index (Phi) is 6.27. The highest BCUT2D eigenvalue weighted by molar-refractivity contribution is 4.89. The molecule has 0 bridgehead atoms. The van der Waals surface area contributed by atoms with E-state index in [1.165, 1.54) is 45.7 Å². The van der Waals surface area contributed by atoms with Gasteiger partial charge in [0, 0.05) is 51.3 Å². The Bertz CT molecular complexity index is 269. The van der Waals surface area contributed by atoms with Crippen LogP contribution >= 0.6 is 0 Å². The van der Waals surface area contributed by atoms with Crippen LogP contribution in [0, 0.1) is 11.3 Å². The second kappa shape index (κ2) is 7.74. The van der Waals surface area contributed by atoms with Gasteiger partial charge in [0.2, 0.25) is 0 Å². The maximum Gasteiger partial charge on any atom is 0.0547 e. The lowest BCUT2D eigenvalue weighted by Gasteiger charge is -2.39. The first-order valence-electron chi connectivity index (χ1n) is 8.37. The molecule has 0 spiro atoms. The van der Waals surface area contributed by atoms with Crippen molar-refractivity contribution in [2.75, 3.05) is 65.6 Å². The topological polar surface area (TPSA) is 27.7 Å². The van der Waals surface area contributed by atoms with Crippen LogP contribution in [0.4, 0.5) is 0 Å². The van der Waals surface area contributed by atoms with E-state index in [0.29, 0.717) is 5.41 Å². The first-order chi connectivity index (χ1) is 9.63. The Morgan fingerprint density at radius 1 is 1.15 bits per heavy atom. The number of piperazine rings is 1. The summed E-state index contributed by atoms with van der Waals surface area (Å²) in [6.45, 7) is 18.2. The average molecular weight is 283 g/mol. The van der Waals surface area contributed by atoms with Gasteiger partial charge in [-0.1, -0.05) is 20.8 Å². The highest BCUT2D eigenvalue weighted by Crippen LogP contribution is 2.29. The Morgan fingerprint density at radius 3 is 2.40 bits per heavy atom. The molecule has 0 saturated carbocycles. The second-order valence-electron chi connectivity index (χ2n) is 7.04. The van der Waals surface area contributed by atoms with Crippen molar-refractivity contribution < 1.29 is 4.74 Å². The van der Waals surface area contributed by atoms with Gasteiger partial charge in [-0.25, -0.2) is 0 Å². The summed E-state index contributed by atoms with van der Waals surface area (Å²) in [5, 5.41) is 3.66. The molecule has 20 heavy (non-hydrogen) atoms. The van der Waals surface area contributed by atoms with E-state index in [-0.39, 0.29) is 0 Å². The van der Waals surface area contributed by atoms with Gasteiger partial charge in [-0.05, 0) is 25.4 Å². The molecule has 118 valence electrons. The smallest absolute Gasteiger partial charge is 0.0547 e. The summed E-state index contributed by atoms with van der Waals surface area (Å²) in [7, 11) is 0. The van der Waals surface area contributed by atoms with E-state index >= 15 is 0 Å². The predicted octanol–water partition coefficient (Wildman–Crippen LogP) is 1.28. The molecule has 2 heterocycles. The van der Waals surface area contributed by atoms with E-state index in [1.54, 1.807) is 0 Å². The highest BCUT2D eigenvalue weighted by atomic mass is 16.5. The second-order valence-corrected chi connectivity index (χ2v) is 7.04. The normalized spacial score (nSPS) is 29.4. The molecule has 0 aromatic heterocycles. The molecule has 2 aliphatic heterocycles. The van der Waals surface area contributed by atoms with Crippen molar-refractivity contribution in [1.29, 1.82) is 0 Å². The summed E-state index contributed by atoms with van der Waals surface area (Å²) in [6.07, 6.45) is 1.21. The summed E-state index contributed by atoms with van der Waals surface area (Å²) < 4.78 is 5.72. The monoisotopic (exact) mass is 283 g/mol. The van der Waals surface area contributed by atoms with Crippen molar-refractivity contribution in [3.8, 4) is 0 Å². The number of rotatable bonds is 7. The molecule has 0 aromatic carbocycles. The molecule has 1 N–H and O–H groups in total. The molecule has 4 nitrogen and oxygen atoms in total. The van der Waals surface area contributed by atoms with Crippen molar-refractivity contribution in [2.45, 2.75) is 27.2 Å². The maximum absolute atomic E-state index is 5.72. The van der Waals surface area contributed by atoms with Crippen molar-refractivity contribution in [1.82, 2.24) is 15.1 Å². The summed E-state index contributed by atoms with van der Waals surface area (Å²) in [5.41, 5.74) is 0.350. The van der Waals surface area contributed by atoms with Gasteiger partial charge in [-0.2, -0.15) is 0 Å². The van der Waals surface area contributed by atoms with Crippen LogP contribution in [0.3, 0.4) is 0 Å². The van der Waals surface area contributed by atoms with Crippen molar-refractivity contribution in [3.05, 3.63) is 0 Å². The van der Waals surface area contributed by atoms with Crippen LogP contribution in [-0.2, 0) is 4.74 Å². The molecule has 2 rings (SSSR count). The lowest BCUT2D eigenvalue weighted by atomic mass is 9.86. The number of nitrogens with zero attached hydrogens (tertiary/aromatic N) is 2. The van der Waals surface area contributed by atoms with Gasteiger partial charge in [-0.3, -0.25) is 0 Å². The highest BCUT2D eigenvalue weighted by Gasteiger charge is 2.36. The van der Waals surface area contributed by atoms with Crippen LogP contribution < -0.4 is 5.32 Å². The van der Waals surface area contributed by atoms with Gasteiger partial charge < -0.3 is 19.9 Å². The molecule has 1 unspecified atom stereocenters. The van der Waals surface area contributed by atoms with Crippen LogP contribution in [-0.4, -0.2) is 75.4 Å². The molecular formula is C16H33N3O. The van der Waals surface area contributed by atoms with E-state index in [4.69, 9.17) is 4.74 Å². The van der Waals surface area contributed by atoms with Gasteiger partial charge in [0.05, 0.1) is 6.61 Å². The van der Waals surface area contributed by atoms with E-state index in [9.17, 15) is 0 Å². The number of hydrogen-bond donors (Lipinski definition) is 1. The van der Waals surface area contributed by atoms with Gasteiger partial charge in [0.25, 0.3) is 0 Å². The largest absolute Gasteiger partial charge is 0.381 e. The Labute approximate surface area is 124 Å². The van der Waals surface area contributed by atoms with Crippen LogP contribution in [0.15, 0.2) is 0 Å². The number of likely N-dealkylation sites (N-methyl/N-ethyl adjacent to an activating group) is 1. The Balaban J connectivity index is 1.79. The molecule has 0 aliphatic carbocycles. The van der Waals surface area contributed by atoms with E-state index in [1.807, 2.05) is 0 Å². The molecule has 2 fully saturated rings. The van der Waals surface area contributed by atoms with Crippen molar-refractivity contribution >= 4 is 0 Å². The Hall–Kier alpha value is -0.160. The minimum atomic E-state index is 0.350.